The largest absolute Gasteiger partial charge is 0.462 e. The summed E-state index contributed by atoms with van der Waals surface area (Å²) in [5.41, 5.74) is 0. The summed E-state index contributed by atoms with van der Waals surface area (Å²) >= 11 is 0. The Morgan fingerprint density at radius 2 is 0.641 bits per heavy atom. The van der Waals surface area contributed by atoms with Crippen molar-refractivity contribution < 1.29 is 28.6 Å². The van der Waals surface area contributed by atoms with E-state index in [1.165, 1.54) is 83.5 Å². The van der Waals surface area contributed by atoms with E-state index in [2.05, 4.69) is 106 Å². The molecule has 6 heteroatoms. The Bertz CT molecular complexity index is 1300. The van der Waals surface area contributed by atoms with Crippen LogP contribution < -0.4 is 0 Å². The van der Waals surface area contributed by atoms with Gasteiger partial charge in [0.05, 0.1) is 0 Å². The number of allylic oxidation sites excluding steroid dienone is 16. The lowest BCUT2D eigenvalue weighted by atomic mass is 10.1. The van der Waals surface area contributed by atoms with E-state index in [9.17, 15) is 14.4 Å². The second kappa shape index (κ2) is 52.0. The number of unbranched alkanes of at least 4 members (excludes halogenated alkanes) is 19. The van der Waals surface area contributed by atoms with Crippen LogP contribution in [0.15, 0.2) is 97.2 Å². The summed E-state index contributed by atoms with van der Waals surface area (Å²) in [6.07, 6.45) is 68.4. The van der Waals surface area contributed by atoms with Gasteiger partial charge in [-0.25, -0.2) is 0 Å². The number of ether oxygens (including phenoxy) is 3. The molecule has 0 radical (unpaired) electrons. The van der Waals surface area contributed by atoms with Crippen LogP contribution in [0.4, 0.5) is 0 Å². The minimum Gasteiger partial charge on any atom is -0.462 e. The molecule has 1 unspecified atom stereocenters. The smallest absolute Gasteiger partial charge is 0.306 e. The highest BCUT2D eigenvalue weighted by Crippen LogP contribution is 2.13. The Balaban J connectivity index is 4.44. The van der Waals surface area contributed by atoms with Crippen molar-refractivity contribution >= 4 is 17.9 Å². The maximum atomic E-state index is 12.7. The van der Waals surface area contributed by atoms with Crippen LogP contribution in [0.3, 0.4) is 0 Å². The molecule has 0 N–H and O–H groups in total. The van der Waals surface area contributed by atoms with Crippen molar-refractivity contribution in [1.29, 1.82) is 0 Å². The number of carbonyl (C=O) groups excluding carboxylic acids is 3. The Kier molecular flexibility index (Phi) is 49.0. The van der Waals surface area contributed by atoms with Crippen molar-refractivity contribution in [3.05, 3.63) is 97.2 Å². The van der Waals surface area contributed by atoms with Gasteiger partial charge in [0.2, 0.25) is 0 Å². The highest BCUT2D eigenvalue weighted by atomic mass is 16.6. The molecule has 0 aliphatic heterocycles. The normalized spacial score (nSPS) is 12.9. The number of esters is 3. The maximum Gasteiger partial charge on any atom is 0.306 e. The summed E-state index contributed by atoms with van der Waals surface area (Å²) in [6, 6.07) is 0. The van der Waals surface area contributed by atoms with E-state index in [-0.39, 0.29) is 31.6 Å². The maximum absolute atomic E-state index is 12.7. The van der Waals surface area contributed by atoms with Gasteiger partial charge in [-0.3, -0.25) is 14.4 Å². The second-order valence-corrected chi connectivity index (χ2v) is 17.0. The fourth-order valence-electron chi connectivity index (χ4n) is 6.87. The predicted molar refractivity (Wildman–Crippen MR) is 274 cm³/mol. The van der Waals surface area contributed by atoms with Crippen LogP contribution in [0.2, 0.25) is 0 Å². The molecule has 0 spiro atoms. The van der Waals surface area contributed by atoms with Gasteiger partial charge in [0.1, 0.15) is 13.2 Å². The zero-order valence-corrected chi connectivity index (χ0v) is 41.5. The monoisotopic (exact) mass is 889 g/mol. The second-order valence-electron chi connectivity index (χ2n) is 17.0. The first-order chi connectivity index (χ1) is 31.5. The van der Waals surface area contributed by atoms with Crippen LogP contribution in [0.1, 0.15) is 233 Å². The average Bonchev–Trinajstić information content (AvgIpc) is 3.29. The molecule has 0 heterocycles. The summed E-state index contributed by atoms with van der Waals surface area (Å²) in [6.45, 7) is 6.39. The van der Waals surface area contributed by atoms with Gasteiger partial charge in [0, 0.05) is 19.3 Å². The zero-order chi connectivity index (χ0) is 46.5. The Morgan fingerprint density at radius 1 is 0.328 bits per heavy atom. The molecular formula is C58H96O6. The first-order valence-corrected chi connectivity index (χ1v) is 26.2. The van der Waals surface area contributed by atoms with Crippen LogP contribution in [-0.2, 0) is 28.6 Å². The van der Waals surface area contributed by atoms with Crippen molar-refractivity contribution in [3.8, 4) is 0 Å². The molecule has 6 nitrogen and oxygen atoms in total. The summed E-state index contributed by atoms with van der Waals surface area (Å²) in [5.74, 6) is -1.02. The summed E-state index contributed by atoms with van der Waals surface area (Å²) in [4.78, 5) is 37.9. The van der Waals surface area contributed by atoms with Crippen LogP contribution >= 0.6 is 0 Å². The van der Waals surface area contributed by atoms with Crippen molar-refractivity contribution in [2.75, 3.05) is 13.2 Å². The molecule has 0 amide bonds. The van der Waals surface area contributed by atoms with Crippen molar-refractivity contribution in [2.45, 2.75) is 239 Å². The third-order valence-corrected chi connectivity index (χ3v) is 10.8. The molecule has 0 saturated heterocycles. The first-order valence-electron chi connectivity index (χ1n) is 26.2. The van der Waals surface area contributed by atoms with E-state index in [1.807, 2.05) is 12.2 Å². The highest BCUT2D eigenvalue weighted by molar-refractivity contribution is 5.71. The molecule has 64 heavy (non-hydrogen) atoms. The third kappa shape index (κ3) is 49.3. The lowest BCUT2D eigenvalue weighted by molar-refractivity contribution is -0.166. The van der Waals surface area contributed by atoms with Crippen LogP contribution in [0.25, 0.3) is 0 Å². The first kappa shape index (κ1) is 60.3. The molecular weight excluding hydrogens is 793 g/mol. The molecule has 0 rings (SSSR count). The molecule has 1 atom stereocenters. The standard InChI is InChI=1S/C58H96O6/c1-4-7-10-13-16-19-22-25-26-27-28-29-30-31-32-34-36-39-42-45-48-51-57(60)63-54-55(53-62-56(59)50-47-44-41-38-35-24-21-18-15-12-9-6-3)64-58(61)52-49-46-43-40-37-33-23-20-17-14-11-8-5-2/h8,11,17-18,20-22,25,27-28,30-31,33,37,43,46,55H,4-7,9-10,12-16,19,23-24,26,29,32,34-36,38-42,44-45,47-54H2,1-3H3/b11-8-,20-17-,21-18-,25-22-,28-27-,31-30-,37-33-,46-43-. The fraction of sp³-hybridized carbons (Fsp3) is 0.672. The molecule has 0 bridgehead atoms. The molecule has 0 fully saturated rings. The van der Waals surface area contributed by atoms with Gasteiger partial charge in [-0.2, -0.15) is 0 Å². The van der Waals surface area contributed by atoms with E-state index in [0.717, 1.165) is 103 Å². The lowest BCUT2D eigenvalue weighted by Crippen LogP contribution is -2.30. The van der Waals surface area contributed by atoms with Gasteiger partial charge < -0.3 is 14.2 Å². The van der Waals surface area contributed by atoms with E-state index in [4.69, 9.17) is 14.2 Å². The van der Waals surface area contributed by atoms with Crippen molar-refractivity contribution in [3.63, 3.8) is 0 Å². The van der Waals surface area contributed by atoms with Gasteiger partial charge in [-0.05, 0) is 109 Å². The minimum atomic E-state index is -0.824. The highest BCUT2D eigenvalue weighted by Gasteiger charge is 2.19. The van der Waals surface area contributed by atoms with Gasteiger partial charge in [-0.1, -0.05) is 201 Å². The van der Waals surface area contributed by atoms with E-state index in [0.29, 0.717) is 19.3 Å². The molecule has 0 aromatic carbocycles. The van der Waals surface area contributed by atoms with Crippen LogP contribution in [0.5, 0.6) is 0 Å². The van der Waals surface area contributed by atoms with Gasteiger partial charge in [0.25, 0.3) is 0 Å². The van der Waals surface area contributed by atoms with Gasteiger partial charge in [-0.15, -0.1) is 0 Å². The van der Waals surface area contributed by atoms with E-state index < -0.39 is 12.1 Å². The van der Waals surface area contributed by atoms with Crippen molar-refractivity contribution in [1.82, 2.24) is 0 Å². The van der Waals surface area contributed by atoms with Gasteiger partial charge >= 0.3 is 17.9 Å². The zero-order valence-electron chi connectivity index (χ0n) is 41.5. The van der Waals surface area contributed by atoms with Crippen molar-refractivity contribution in [2.24, 2.45) is 0 Å². The van der Waals surface area contributed by atoms with E-state index >= 15 is 0 Å². The third-order valence-electron chi connectivity index (χ3n) is 10.8. The van der Waals surface area contributed by atoms with E-state index in [1.54, 1.807) is 0 Å². The Morgan fingerprint density at radius 3 is 1.06 bits per heavy atom. The minimum absolute atomic E-state index is 0.116. The summed E-state index contributed by atoms with van der Waals surface area (Å²) < 4.78 is 16.7. The summed E-state index contributed by atoms with van der Waals surface area (Å²) in [7, 11) is 0. The molecule has 0 saturated carbocycles. The van der Waals surface area contributed by atoms with Gasteiger partial charge in [0.15, 0.2) is 6.10 Å². The molecule has 0 aliphatic carbocycles. The number of hydrogen-bond donors (Lipinski definition) is 0. The average molecular weight is 889 g/mol. The van der Waals surface area contributed by atoms with Crippen LogP contribution in [0, 0.1) is 0 Å². The lowest BCUT2D eigenvalue weighted by Gasteiger charge is -2.18. The predicted octanol–water partition coefficient (Wildman–Crippen LogP) is 17.4. The summed E-state index contributed by atoms with van der Waals surface area (Å²) in [5, 5.41) is 0. The Labute approximate surface area is 394 Å². The fourth-order valence-corrected chi connectivity index (χ4v) is 6.87. The SMILES string of the molecule is CC/C=C\C/C=C\C/C=C\C/C=C\CCC(=O)OC(COC(=O)CCCCCCC/C=C\CCCCC)COC(=O)CCCCCCCC/C=C\C/C=C\C/C=C\CCCCCCC. The molecule has 364 valence electrons. The number of hydrogen-bond acceptors (Lipinski definition) is 6. The number of carbonyl (C=O) groups is 3. The quantitative estimate of drug-likeness (QED) is 0.0262. The molecule has 0 aromatic rings. The molecule has 0 aliphatic rings. The number of rotatable bonds is 46. The molecule has 0 aromatic heterocycles. The van der Waals surface area contributed by atoms with Crippen LogP contribution in [-0.4, -0.2) is 37.2 Å². The topological polar surface area (TPSA) is 78.9 Å². The Hall–Kier alpha value is -3.67.